The number of hydrogen-bond donors (Lipinski definition) is 0. The van der Waals surface area contributed by atoms with Crippen LogP contribution in [0.5, 0.6) is 0 Å². The van der Waals surface area contributed by atoms with E-state index in [0.29, 0.717) is 19.4 Å². The Hall–Kier alpha value is -1.64. The first kappa shape index (κ1) is 14.8. The SMILES string of the molecule is CCCCN1C(=O)CCC(CC)(c2ccccc2)C1=O. The number of nitrogens with zero attached hydrogens (tertiary/aromatic N) is 1. The number of carbonyl (C=O) groups excluding carboxylic acids is 2. The molecular weight excluding hydrogens is 250 g/mol. The third kappa shape index (κ3) is 2.49. The molecule has 0 aliphatic carbocycles. The maximum Gasteiger partial charge on any atom is 0.239 e. The number of rotatable bonds is 5. The van der Waals surface area contributed by atoms with Crippen LogP contribution in [0.2, 0.25) is 0 Å². The molecule has 1 heterocycles. The van der Waals surface area contributed by atoms with Crippen molar-refractivity contribution >= 4 is 11.8 Å². The Morgan fingerprint density at radius 1 is 1.15 bits per heavy atom. The summed E-state index contributed by atoms with van der Waals surface area (Å²) in [6, 6.07) is 9.91. The summed E-state index contributed by atoms with van der Waals surface area (Å²) in [7, 11) is 0. The predicted octanol–water partition coefficient (Wildman–Crippen LogP) is 3.28. The Balaban J connectivity index is 2.34. The minimum atomic E-state index is -0.511. The van der Waals surface area contributed by atoms with Crippen LogP contribution in [-0.2, 0) is 15.0 Å². The minimum Gasteiger partial charge on any atom is -0.282 e. The summed E-state index contributed by atoms with van der Waals surface area (Å²) >= 11 is 0. The molecule has 1 saturated heterocycles. The zero-order valence-electron chi connectivity index (χ0n) is 12.4. The maximum absolute atomic E-state index is 12.9. The molecule has 0 aromatic heterocycles. The van der Waals surface area contributed by atoms with Gasteiger partial charge in [-0.1, -0.05) is 50.6 Å². The number of benzene rings is 1. The van der Waals surface area contributed by atoms with E-state index in [-0.39, 0.29) is 11.8 Å². The van der Waals surface area contributed by atoms with E-state index in [1.165, 1.54) is 4.90 Å². The Bertz CT molecular complexity index is 483. The molecule has 1 aliphatic rings. The van der Waals surface area contributed by atoms with Crippen molar-refractivity contribution in [3.8, 4) is 0 Å². The Labute approximate surface area is 121 Å². The molecule has 3 heteroatoms. The van der Waals surface area contributed by atoms with Gasteiger partial charge in [0.25, 0.3) is 0 Å². The summed E-state index contributed by atoms with van der Waals surface area (Å²) in [4.78, 5) is 26.4. The topological polar surface area (TPSA) is 37.4 Å². The van der Waals surface area contributed by atoms with Crippen LogP contribution in [0.15, 0.2) is 30.3 Å². The highest BCUT2D eigenvalue weighted by molar-refractivity contribution is 6.03. The fraction of sp³-hybridized carbons (Fsp3) is 0.529. The van der Waals surface area contributed by atoms with Gasteiger partial charge < -0.3 is 0 Å². The summed E-state index contributed by atoms with van der Waals surface area (Å²) < 4.78 is 0. The lowest BCUT2D eigenvalue weighted by Gasteiger charge is -2.40. The van der Waals surface area contributed by atoms with Crippen LogP contribution >= 0.6 is 0 Å². The zero-order valence-corrected chi connectivity index (χ0v) is 12.4. The van der Waals surface area contributed by atoms with Gasteiger partial charge in [-0.15, -0.1) is 0 Å². The average molecular weight is 273 g/mol. The molecule has 1 atom stereocenters. The van der Waals surface area contributed by atoms with E-state index in [2.05, 4.69) is 6.92 Å². The summed E-state index contributed by atoms with van der Waals surface area (Å²) in [5.74, 6) is -0.0145. The van der Waals surface area contributed by atoms with Gasteiger partial charge in [0.05, 0.1) is 5.41 Å². The van der Waals surface area contributed by atoms with E-state index in [4.69, 9.17) is 0 Å². The molecule has 0 radical (unpaired) electrons. The Morgan fingerprint density at radius 3 is 2.45 bits per heavy atom. The highest BCUT2D eigenvalue weighted by Gasteiger charge is 2.46. The van der Waals surface area contributed by atoms with Crippen molar-refractivity contribution in [2.45, 2.75) is 51.4 Å². The van der Waals surface area contributed by atoms with Crippen molar-refractivity contribution < 1.29 is 9.59 Å². The number of piperidine rings is 1. The Morgan fingerprint density at radius 2 is 1.85 bits per heavy atom. The highest BCUT2D eigenvalue weighted by atomic mass is 16.2. The smallest absolute Gasteiger partial charge is 0.239 e. The first-order chi connectivity index (χ1) is 9.65. The van der Waals surface area contributed by atoms with Crippen LogP contribution in [0.4, 0.5) is 0 Å². The molecule has 1 aromatic carbocycles. The molecule has 2 rings (SSSR count). The van der Waals surface area contributed by atoms with E-state index >= 15 is 0 Å². The van der Waals surface area contributed by atoms with Crippen molar-refractivity contribution in [2.75, 3.05) is 6.54 Å². The fourth-order valence-electron chi connectivity index (χ4n) is 3.03. The van der Waals surface area contributed by atoms with Gasteiger partial charge in [-0.25, -0.2) is 0 Å². The molecule has 0 N–H and O–H groups in total. The average Bonchev–Trinajstić information content (AvgIpc) is 2.49. The highest BCUT2D eigenvalue weighted by Crippen LogP contribution is 2.38. The van der Waals surface area contributed by atoms with E-state index in [1.807, 2.05) is 37.3 Å². The minimum absolute atomic E-state index is 0.00380. The molecule has 1 unspecified atom stereocenters. The van der Waals surface area contributed by atoms with E-state index in [9.17, 15) is 9.59 Å². The molecule has 1 fully saturated rings. The summed E-state index contributed by atoms with van der Waals surface area (Å²) in [6.07, 6.45) is 3.71. The van der Waals surface area contributed by atoms with Crippen molar-refractivity contribution in [2.24, 2.45) is 0 Å². The molecule has 1 aliphatic heterocycles. The summed E-state index contributed by atoms with van der Waals surface area (Å²) in [5.41, 5.74) is 0.532. The van der Waals surface area contributed by atoms with Gasteiger partial charge in [0.1, 0.15) is 0 Å². The largest absolute Gasteiger partial charge is 0.282 e. The third-order valence-electron chi connectivity index (χ3n) is 4.39. The van der Waals surface area contributed by atoms with Gasteiger partial charge in [0.15, 0.2) is 0 Å². The first-order valence-electron chi connectivity index (χ1n) is 7.56. The zero-order chi connectivity index (χ0) is 14.6. The molecule has 1 aromatic rings. The first-order valence-corrected chi connectivity index (χ1v) is 7.56. The standard InChI is InChI=1S/C17H23NO2/c1-3-5-13-18-15(19)11-12-17(4-2,16(18)20)14-9-7-6-8-10-14/h6-10H,3-5,11-13H2,1-2H3. The fourth-order valence-corrected chi connectivity index (χ4v) is 3.03. The molecule has 0 spiro atoms. The number of imide groups is 1. The lowest BCUT2D eigenvalue weighted by Crippen LogP contribution is -2.54. The third-order valence-corrected chi connectivity index (χ3v) is 4.39. The van der Waals surface area contributed by atoms with Crippen LogP contribution in [0, 0.1) is 0 Å². The van der Waals surface area contributed by atoms with Gasteiger partial charge in [-0.3, -0.25) is 14.5 Å². The van der Waals surface area contributed by atoms with Crippen molar-refractivity contribution in [3.05, 3.63) is 35.9 Å². The van der Waals surface area contributed by atoms with Crippen LogP contribution in [0.1, 0.15) is 51.5 Å². The lowest BCUT2D eigenvalue weighted by atomic mass is 9.71. The van der Waals surface area contributed by atoms with Crippen LogP contribution in [-0.4, -0.2) is 23.3 Å². The van der Waals surface area contributed by atoms with E-state index in [0.717, 1.165) is 24.8 Å². The second-order valence-electron chi connectivity index (χ2n) is 5.51. The normalized spacial score (nSPS) is 23.2. The van der Waals surface area contributed by atoms with Crippen molar-refractivity contribution in [1.82, 2.24) is 4.90 Å². The van der Waals surface area contributed by atoms with Gasteiger partial charge >= 0.3 is 0 Å². The van der Waals surface area contributed by atoms with Gasteiger partial charge in [0.2, 0.25) is 11.8 Å². The van der Waals surface area contributed by atoms with Crippen LogP contribution in [0.3, 0.4) is 0 Å². The van der Waals surface area contributed by atoms with Gasteiger partial charge in [0, 0.05) is 13.0 Å². The molecule has 0 bridgehead atoms. The Kier molecular flexibility index (Phi) is 4.58. The number of hydrogen-bond acceptors (Lipinski definition) is 2. The summed E-state index contributed by atoms with van der Waals surface area (Å²) in [5, 5.41) is 0. The molecule has 2 amide bonds. The monoisotopic (exact) mass is 273 g/mol. The quantitative estimate of drug-likeness (QED) is 0.772. The lowest BCUT2D eigenvalue weighted by molar-refractivity contribution is -0.153. The number of carbonyl (C=O) groups is 2. The number of unbranched alkanes of at least 4 members (excludes halogenated alkanes) is 1. The maximum atomic E-state index is 12.9. The van der Waals surface area contributed by atoms with Crippen LogP contribution in [0.25, 0.3) is 0 Å². The number of amides is 2. The molecule has 108 valence electrons. The van der Waals surface area contributed by atoms with Crippen molar-refractivity contribution in [3.63, 3.8) is 0 Å². The van der Waals surface area contributed by atoms with E-state index < -0.39 is 5.41 Å². The predicted molar refractivity (Wildman–Crippen MR) is 79.3 cm³/mol. The van der Waals surface area contributed by atoms with Gasteiger partial charge in [-0.05, 0) is 24.8 Å². The van der Waals surface area contributed by atoms with E-state index in [1.54, 1.807) is 0 Å². The van der Waals surface area contributed by atoms with Gasteiger partial charge in [-0.2, -0.15) is 0 Å². The molecule has 20 heavy (non-hydrogen) atoms. The molecule has 3 nitrogen and oxygen atoms in total. The van der Waals surface area contributed by atoms with Crippen molar-refractivity contribution in [1.29, 1.82) is 0 Å². The van der Waals surface area contributed by atoms with Crippen LogP contribution < -0.4 is 0 Å². The second-order valence-corrected chi connectivity index (χ2v) is 5.51. The second kappa shape index (κ2) is 6.21. The summed E-state index contributed by atoms with van der Waals surface area (Å²) in [6.45, 7) is 4.67. The molecule has 0 saturated carbocycles. The number of likely N-dealkylation sites (tertiary alicyclic amines) is 1. The molecular formula is C17H23NO2.